The van der Waals surface area contributed by atoms with Gasteiger partial charge in [-0.25, -0.2) is 0 Å². The molecule has 0 saturated carbocycles. The van der Waals surface area contributed by atoms with Gasteiger partial charge < -0.3 is 14.4 Å². The molecular weight excluding hydrogens is 324 g/mol. The molecule has 2 aromatic rings. The lowest BCUT2D eigenvalue weighted by Gasteiger charge is -2.41. The zero-order valence-electron chi connectivity index (χ0n) is 14.6. The number of methoxy groups -OCH3 is 1. The van der Waals surface area contributed by atoms with Gasteiger partial charge in [-0.15, -0.1) is 0 Å². The number of morpholine rings is 1. The summed E-state index contributed by atoms with van der Waals surface area (Å²) in [6.07, 6.45) is 3.77. The van der Waals surface area contributed by atoms with E-state index >= 15 is 0 Å². The quantitative estimate of drug-likeness (QED) is 0.610. The zero-order valence-corrected chi connectivity index (χ0v) is 14.6. The van der Waals surface area contributed by atoms with Gasteiger partial charge in [-0.3, -0.25) is 14.8 Å². The Balaban J connectivity index is 1.91. The summed E-state index contributed by atoms with van der Waals surface area (Å²) in [5.41, 5.74) is 2.32. The van der Waals surface area contributed by atoms with Gasteiger partial charge in [-0.1, -0.05) is 0 Å². The lowest BCUT2D eigenvalue weighted by Crippen LogP contribution is -2.48. The third kappa shape index (κ3) is 3.49. The molecule has 2 heterocycles. The van der Waals surface area contributed by atoms with Crippen molar-refractivity contribution >= 4 is 11.4 Å². The maximum atomic E-state index is 11.1. The van der Waals surface area contributed by atoms with Crippen LogP contribution in [0.15, 0.2) is 30.6 Å². The van der Waals surface area contributed by atoms with E-state index in [4.69, 9.17) is 9.47 Å². The molecule has 1 aliphatic heterocycles. The second-order valence-electron chi connectivity index (χ2n) is 6.41. The fraction of sp³-hybridized carbons (Fsp3) is 0.471. The molecule has 1 aliphatic rings. The van der Waals surface area contributed by atoms with Gasteiger partial charge in [0.25, 0.3) is 5.69 Å². The monoisotopic (exact) mass is 346 g/mol. The number of nitrogens with zero attached hydrogens (tertiary/aromatic N) is 4. The van der Waals surface area contributed by atoms with Crippen molar-refractivity contribution in [1.29, 1.82) is 0 Å². The highest BCUT2D eigenvalue weighted by atomic mass is 16.6. The van der Waals surface area contributed by atoms with E-state index in [1.54, 1.807) is 23.9 Å². The lowest BCUT2D eigenvalue weighted by atomic mass is 9.96. The number of ether oxygens (including phenoxy) is 2. The van der Waals surface area contributed by atoms with Crippen LogP contribution in [0.1, 0.15) is 18.1 Å². The maximum Gasteiger partial charge on any atom is 0.269 e. The maximum absolute atomic E-state index is 11.1. The largest absolute Gasteiger partial charge is 0.380 e. The number of aromatic nitrogens is 2. The Kier molecular flexibility index (Phi) is 4.73. The molecule has 8 heteroatoms. The molecule has 8 nitrogen and oxygen atoms in total. The molecule has 1 fully saturated rings. The van der Waals surface area contributed by atoms with Gasteiger partial charge >= 0.3 is 0 Å². The molecule has 0 bridgehead atoms. The van der Waals surface area contributed by atoms with Crippen LogP contribution >= 0.6 is 0 Å². The molecule has 0 radical (unpaired) electrons. The van der Waals surface area contributed by atoms with E-state index in [-0.39, 0.29) is 10.6 Å². The highest BCUT2D eigenvalue weighted by Gasteiger charge is 2.35. The zero-order chi connectivity index (χ0) is 18.0. The van der Waals surface area contributed by atoms with Crippen LogP contribution in [0.5, 0.6) is 0 Å². The fourth-order valence-corrected chi connectivity index (χ4v) is 3.21. The lowest BCUT2D eigenvalue weighted by molar-refractivity contribution is -0.384. The van der Waals surface area contributed by atoms with Crippen LogP contribution in [0.2, 0.25) is 0 Å². The first-order valence-corrected chi connectivity index (χ1v) is 8.07. The topological polar surface area (TPSA) is 82.7 Å². The second-order valence-corrected chi connectivity index (χ2v) is 6.41. The Labute approximate surface area is 146 Å². The molecule has 0 amide bonds. The molecule has 1 aromatic heterocycles. The molecule has 0 N–H and O–H groups in total. The Hall–Kier alpha value is -2.45. The Morgan fingerprint density at radius 1 is 1.48 bits per heavy atom. The average molecular weight is 346 g/mol. The van der Waals surface area contributed by atoms with Gasteiger partial charge in [-0.2, -0.15) is 5.10 Å². The molecule has 1 aromatic carbocycles. The minimum atomic E-state index is -0.487. The van der Waals surface area contributed by atoms with Crippen LogP contribution in [0.3, 0.4) is 0 Å². The number of hydrogen-bond acceptors (Lipinski definition) is 6. The summed E-state index contributed by atoms with van der Waals surface area (Å²) in [4.78, 5) is 12.9. The van der Waals surface area contributed by atoms with Crippen molar-refractivity contribution in [1.82, 2.24) is 9.78 Å². The van der Waals surface area contributed by atoms with Crippen molar-refractivity contribution in [2.75, 3.05) is 31.7 Å². The predicted molar refractivity (Wildman–Crippen MR) is 92.5 cm³/mol. The molecule has 1 atom stereocenters. The molecule has 134 valence electrons. The van der Waals surface area contributed by atoms with Crippen molar-refractivity contribution in [3.8, 4) is 0 Å². The van der Waals surface area contributed by atoms with E-state index < -0.39 is 5.60 Å². The summed E-state index contributed by atoms with van der Waals surface area (Å²) in [6.45, 7) is 4.27. The Bertz CT molecular complexity index is 776. The van der Waals surface area contributed by atoms with E-state index in [0.29, 0.717) is 26.3 Å². The Morgan fingerprint density at radius 2 is 2.28 bits per heavy atom. The van der Waals surface area contributed by atoms with Crippen LogP contribution in [-0.2, 0) is 28.7 Å². The minimum absolute atomic E-state index is 0.0686. The number of hydrogen-bond donors (Lipinski definition) is 0. The van der Waals surface area contributed by atoms with Gasteiger partial charge in [0, 0.05) is 55.8 Å². The molecule has 0 aliphatic carbocycles. The highest BCUT2D eigenvalue weighted by Crippen LogP contribution is 2.34. The van der Waals surface area contributed by atoms with Gasteiger partial charge in [0.15, 0.2) is 0 Å². The van der Waals surface area contributed by atoms with E-state index in [1.807, 2.05) is 26.4 Å². The summed E-state index contributed by atoms with van der Waals surface area (Å²) in [5, 5.41) is 15.3. The van der Waals surface area contributed by atoms with Crippen LogP contribution < -0.4 is 4.90 Å². The summed E-state index contributed by atoms with van der Waals surface area (Å²) in [5.74, 6) is 0. The third-order valence-electron chi connectivity index (χ3n) is 4.50. The van der Waals surface area contributed by atoms with Crippen molar-refractivity contribution in [3.63, 3.8) is 0 Å². The SMILES string of the molecule is COCc1cc([N+](=O)[O-])ccc1N1CCOC(C)(c2cnn(C)c2)C1. The van der Waals surface area contributed by atoms with Crippen LogP contribution in [-0.4, -0.2) is 41.5 Å². The first-order chi connectivity index (χ1) is 11.9. The standard InChI is InChI=1S/C17H22N4O4/c1-17(14-9-18-19(2)10-14)12-20(6-7-25-17)16-5-4-15(21(22)23)8-13(16)11-24-3/h4-5,8-10H,6-7,11-12H2,1-3H3. The van der Waals surface area contributed by atoms with E-state index in [1.165, 1.54) is 6.07 Å². The number of nitro benzene ring substituents is 1. The molecule has 25 heavy (non-hydrogen) atoms. The first-order valence-electron chi connectivity index (χ1n) is 8.07. The summed E-state index contributed by atoms with van der Waals surface area (Å²) < 4.78 is 13.0. The molecular formula is C17H22N4O4. The van der Waals surface area contributed by atoms with Gasteiger partial charge in [-0.05, 0) is 13.0 Å². The number of nitro groups is 1. The number of anilines is 1. The van der Waals surface area contributed by atoms with E-state index in [9.17, 15) is 10.1 Å². The van der Waals surface area contributed by atoms with Crippen molar-refractivity contribution in [2.45, 2.75) is 19.1 Å². The van der Waals surface area contributed by atoms with Crippen LogP contribution in [0.25, 0.3) is 0 Å². The number of aryl methyl sites for hydroxylation is 1. The summed E-state index contributed by atoms with van der Waals surface area (Å²) in [7, 11) is 3.46. The second kappa shape index (κ2) is 6.81. The van der Waals surface area contributed by atoms with Gasteiger partial charge in [0.05, 0.1) is 30.9 Å². The molecule has 0 spiro atoms. The van der Waals surface area contributed by atoms with Gasteiger partial charge in [0.2, 0.25) is 0 Å². The minimum Gasteiger partial charge on any atom is -0.380 e. The fourth-order valence-electron chi connectivity index (χ4n) is 3.21. The molecule has 1 unspecified atom stereocenters. The highest BCUT2D eigenvalue weighted by molar-refractivity contribution is 5.58. The van der Waals surface area contributed by atoms with Crippen LogP contribution in [0.4, 0.5) is 11.4 Å². The van der Waals surface area contributed by atoms with Crippen molar-refractivity contribution in [3.05, 3.63) is 51.8 Å². The molecule has 1 saturated heterocycles. The van der Waals surface area contributed by atoms with Crippen LogP contribution in [0, 0.1) is 10.1 Å². The normalized spacial score (nSPS) is 20.7. The third-order valence-corrected chi connectivity index (χ3v) is 4.50. The van der Waals surface area contributed by atoms with Gasteiger partial charge in [0.1, 0.15) is 5.60 Å². The van der Waals surface area contributed by atoms with Crippen molar-refractivity contribution in [2.24, 2.45) is 7.05 Å². The number of benzene rings is 1. The van der Waals surface area contributed by atoms with E-state index in [0.717, 1.165) is 16.8 Å². The summed E-state index contributed by atoms with van der Waals surface area (Å²) >= 11 is 0. The predicted octanol–water partition coefficient (Wildman–Crippen LogP) is 2.23. The first kappa shape index (κ1) is 17.4. The smallest absolute Gasteiger partial charge is 0.269 e. The summed E-state index contributed by atoms with van der Waals surface area (Å²) in [6, 6.07) is 4.91. The number of rotatable bonds is 5. The van der Waals surface area contributed by atoms with E-state index in [2.05, 4.69) is 10.00 Å². The Morgan fingerprint density at radius 3 is 2.92 bits per heavy atom. The molecule has 3 rings (SSSR count). The van der Waals surface area contributed by atoms with Crippen molar-refractivity contribution < 1.29 is 14.4 Å². The number of non-ortho nitro benzene ring substituents is 1. The average Bonchev–Trinajstić information content (AvgIpc) is 3.02.